The lowest BCUT2D eigenvalue weighted by molar-refractivity contribution is 0.188. The Morgan fingerprint density at radius 2 is 2.35 bits per heavy atom. The van der Waals surface area contributed by atoms with Crippen LogP contribution in [0.2, 0.25) is 0 Å². The van der Waals surface area contributed by atoms with Gasteiger partial charge < -0.3 is 4.90 Å². The van der Waals surface area contributed by atoms with Crippen LogP contribution >= 0.6 is 11.9 Å². The summed E-state index contributed by atoms with van der Waals surface area (Å²) in [5.74, 6) is 0.113. The highest BCUT2D eigenvalue weighted by Gasteiger charge is 2.27. The van der Waals surface area contributed by atoms with Gasteiger partial charge >= 0.3 is 6.03 Å². The summed E-state index contributed by atoms with van der Waals surface area (Å²) in [6.45, 7) is 5.88. The van der Waals surface area contributed by atoms with Gasteiger partial charge in [-0.2, -0.15) is 0 Å². The van der Waals surface area contributed by atoms with Crippen molar-refractivity contribution in [3.8, 4) is 0 Å². The Kier molecular flexibility index (Phi) is 6.37. The average molecular weight is 320 g/mol. The monoisotopic (exact) mass is 320 g/mol. The average Bonchev–Trinajstić information content (AvgIpc) is 2.86. The van der Waals surface area contributed by atoms with Gasteiger partial charge in [0, 0.05) is 31.7 Å². The third-order valence-electron chi connectivity index (χ3n) is 2.50. The largest absolute Gasteiger partial charge is 0.334 e. The molecule has 2 amide bonds. The maximum Gasteiger partial charge on any atom is 0.334 e. The second-order valence-electron chi connectivity index (χ2n) is 4.24. The molecule has 2 N–H and O–H groups in total. The molecule has 9 heteroatoms. The number of likely N-dealkylation sites (N-methyl/N-ethyl adjacent to an activating group) is 1. The Bertz CT molecular complexity index is 490. The van der Waals surface area contributed by atoms with E-state index in [0.29, 0.717) is 13.0 Å². The second-order valence-corrected chi connectivity index (χ2v) is 7.56. The molecule has 0 radical (unpaired) electrons. The number of carbonyl (C=O) groups is 1. The molecule has 0 bridgehead atoms. The van der Waals surface area contributed by atoms with E-state index in [-0.39, 0.29) is 16.0 Å². The summed E-state index contributed by atoms with van der Waals surface area (Å²) >= 11 is 0.943. The SMILES string of the molecule is C=CCN(C)C(=O)NN1NC=C(S(=O)(=O)CCCC)S1. The van der Waals surface area contributed by atoms with E-state index in [0.717, 1.165) is 18.4 Å². The fourth-order valence-electron chi connectivity index (χ4n) is 1.34. The van der Waals surface area contributed by atoms with Crippen molar-refractivity contribution in [2.24, 2.45) is 0 Å². The molecule has 114 valence electrons. The molecule has 0 aromatic carbocycles. The number of hydrazine groups is 2. The van der Waals surface area contributed by atoms with Crippen molar-refractivity contribution in [1.29, 1.82) is 0 Å². The summed E-state index contributed by atoms with van der Waals surface area (Å²) in [5.41, 5.74) is 5.22. The molecule has 0 aromatic rings. The van der Waals surface area contributed by atoms with Gasteiger partial charge in [0.2, 0.25) is 0 Å². The highest BCUT2D eigenvalue weighted by Crippen LogP contribution is 2.28. The minimum Gasteiger partial charge on any atom is -0.323 e. The molecule has 1 heterocycles. The van der Waals surface area contributed by atoms with Crippen molar-refractivity contribution in [2.75, 3.05) is 19.3 Å². The first kappa shape index (κ1) is 16.9. The van der Waals surface area contributed by atoms with Gasteiger partial charge in [0.05, 0.1) is 5.75 Å². The molecule has 0 unspecified atom stereocenters. The number of nitrogens with zero attached hydrogens (tertiary/aromatic N) is 2. The first-order chi connectivity index (χ1) is 9.40. The maximum atomic E-state index is 12.0. The molecule has 0 aromatic heterocycles. The summed E-state index contributed by atoms with van der Waals surface area (Å²) in [7, 11) is -1.67. The molecule has 1 aliphatic rings. The Labute approximate surface area is 124 Å². The van der Waals surface area contributed by atoms with Crippen LogP contribution < -0.4 is 10.9 Å². The normalized spacial score (nSPS) is 15.4. The minimum atomic E-state index is -3.28. The van der Waals surface area contributed by atoms with Gasteiger partial charge in [-0.3, -0.25) is 5.43 Å². The van der Waals surface area contributed by atoms with Crippen molar-refractivity contribution in [1.82, 2.24) is 20.3 Å². The molecular formula is C11H20N4O3S2. The first-order valence-corrected chi connectivity index (χ1v) is 8.63. The summed E-state index contributed by atoms with van der Waals surface area (Å²) in [5, 5.41) is 0. The lowest BCUT2D eigenvalue weighted by Gasteiger charge is -2.21. The number of sulfone groups is 1. The van der Waals surface area contributed by atoms with Crippen molar-refractivity contribution in [2.45, 2.75) is 19.8 Å². The van der Waals surface area contributed by atoms with E-state index in [4.69, 9.17) is 0 Å². The Morgan fingerprint density at radius 3 is 2.95 bits per heavy atom. The fraction of sp³-hybridized carbons (Fsp3) is 0.545. The van der Waals surface area contributed by atoms with Crippen LogP contribution in [0.1, 0.15) is 19.8 Å². The zero-order valence-corrected chi connectivity index (χ0v) is 13.3. The molecule has 20 heavy (non-hydrogen) atoms. The predicted octanol–water partition coefficient (Wildman–Crippen LogP) is 1.21. The third-order valence-corrected chi connectivity index (χ3v) is 5.72. The smallest absolute Gasteiger partial charge is 0.323 e. The number of amides is 2. The Balaban J connectivity index is 2.50. The molecule has 0 atom stereocenters. The number of hydrogen-bond donors (Lipinski definition) is 2. The zero-order chi connectivity index (χ0) is 15.2. The summed E-state index contributed by atoms with van der Waals surface area (Å²) in [4.78, 5) is 13.1. The van der Waals surface area contributed by atoms with Crippen molar-refractivity contribution < 1.29 is 13.2 Å². The van der Waals surface area contributed by atoms with Crippen LogP contribution in [-0.4, -0.2) is 43.2 Å². The number of carbonyl (C=O) groups excluding carboxylic acids is 1. The van der Waals surface area contributed by atoms with E-state index in [1.807, 2.05) is 6.92 Å². The quantitative estimate of drug-likeness (QED) is 0.542. The molecule has 1 rings (SSSR count). The molecule has 0 fully saturated rings. The van der Waals surface area contributed by atoms with E-state index in [9.17, 15) is 13.2 Å². The van der Waals surface area contributed by atoms with Gasteiger partial charge in [0.1, 0.15) is 4.24 Å². The molecule has 0 saturated heterocycles. The molecule has 0 spiro atoms. The molecule has 0 aliphatic carbocycles. The van der Waals surface area contributed by atoms with Gasteiger partial charge in [-0.05, 0) is 6.42 Å². The first-order valence-electron chi connectivity index (χ1n) is 6.20. The van der Waals surface area contributed by atoms with Crippen molar-refractivity contribution in [3.05, 3.63) is 23.1 Å². The molecule has 7 nitrogen and oxygen atoms in total. The number of hydrogen-bond acceptors (Lipinski definition) is 6. The van der Waals surface area contributed by atoms with E-state index < -0.39 is 9.84 Å². The van der Waals surface area contributed by atoms with Crippen LogP contribution in [0.4, 0.5) is 4.79 Å². The van der Waals surface area contributed by atoms with Gasteiger partial charge in [-0.25, -0.2) is 18.6 Å². The molecular weight excluding hydrogens is 300 g/mol. The number of unbranched alkanes of at least 4 members (excludes halogenated alkanes) is 1. The van der Waals surface area contributed by atoms with E-state index in [1.54, 1.807) is 13.1 Å². The number of rotatable bonds is 7. The van der Waals surface area contributed by atoms with Gasteiger partial charge in [0.25, 0.3) is 0 Å². The Morgan fingerprint density at radius 1 is 1.65 bits per heavy atom. The van der Waals surface area contributed by atoms with Crippen LogP contribution in [0.25, 0.3) is 0 Å². The molecule has 0 saturated carbocycles. The highest BCUT2D eigenvalue weighted by molar-refractivity contribution is 8.17. The van der Waals surface area contributed by atoms with E-state index in [1.165, 1.54) is 15.6 Å². The predicted molar refractivity (Wildman–Crippen MR) is 80.7 cm³/mol. The Hall–Kier alpha value is -1.19. The zero-order valence-electron chi connectivity index (χ0n) is 11.6. The van der Waals surface area contributed by atoms with E-state index >= 15 is 0 Å². The highest BCUT2D eigenvalue weighted by atomic mass is 32.3. The molecule has 1 aliphatic heterocycles. The fourth-order valence-corrected chi connectivity index (χ4v) is 3.88. The standard InChI is InChI=1S/C11H20N4O3S2/c1-4-6-8-20(17,18)10-9-12-15(19-10)13-11(16)14(3)7-5-2/h5,9,12H,2,4,6-8H2,1,3H3,(H,13,16). The van der Waals surface area contributed by atoms with E-state index in [2.05, 4.69) is 17.4 Å². The van der Waals surface area contributed by atoms with Gasteiger partial charge in [-0.15, -0.1) is 6.58 Å². The number of urea groups is 1. The van der Waals surface area contributed by atoms with Gasteiger partial charge in [0.15, 0.2) is 9.84 Å². The lowest BCUT2D eigenvalue weighted by atomic mass is 10.4. The second kappa shape index (κ2) is 7.55. The third kappa shape index (κ3) is 4.73. The summed E-state index contributed by atoms with van der Waals surface area (Å²) in [6, 6.07) is -0.356. The van der Waals surface area contributed by atoms with Crippen molar-refractivity contribution >= 4 is 27.8 Å². The number of nitrogens with one attached hydrogen (secondary N) is 2. The van der Waals surface area contributed by atoms with Crippen LogP contribution in [-0.2, 0) is 9.84 Å². The summed E-state index contributed by atoms with van der Waals surface area (Å²) < 4.78 is 25.4. The van der Waals surface area contributed by atoms with Crippen LogP contribution in [0, 0.1) is 0 Å². The summed E-state index contributed by atoms with van der Waals surface area (Å²) in [6.07, 6.45) is 4.42. The van der Waals surface area contributed by atoms with Crippen LogP contribution in [0.5, 0.6) is 0 Å². The maximum absolute atomic E-state index is 12.0. The lowest BCUT2D eigenvalue weighted by Crippen LogP contribution is -2.47. The minimum absolute atomic E-state index is 0.113. The van der Waals surface area contributed by atoms with Crippen LogP contribution in [0.3, 0.4) is 0 Å². The van der Waals surface area contributed by atoms with Crippen molar-refractivity contribution in [3.63, 3.8) is 0 Å². The van der Waals surface area contributed by atoms with Gasteiger partial charge in [-0.1, -0.05) is 23.9 Å². The topological polar surface area (TPSA) is 81.8 Å². The van der Waals surface area contributed by atoms with Crippen LogP contribution in [0.15, 0.2) is 23.1 Å².